The molecule has 3 aromatic rings. The highest BCUT2D eigenvalue weighted by Crippen LogP contribution is 2.44. The minimum Gasteiger partial charge on any atom is -0.449 e. The molecule has 150 valence electrons. The number of aryl methyl sites for hydroxylation is 1. The number of fused-ring (bicyclic) bond motifs is 3. The number of rotatable bonds is 3. The van der Waals surface area contributed by atoms with Crippen LogP contribution >= 0.6 is 0 Å². The molecule has 5 heteroatoms. The first kappa shape index (κ1) is 19.5. The molecule has 0 heterocycles. The molecule has 4 rings (SSSR count). The fourth-order valence-electron chi connectivity index (χ4n) is 3.76. The fourth-order valence-corrected chi connectivity index (χ4v) is 3.76. The number of nitrogen functional groups attached to an aromatic ring is 1. The van der Waals surface area contributed by atoms with Gasteiger partial charge in [0.2, 0.25) is 0 Å². The normalized spacial score (nSPS) is 11.8. The number of anilines is 1. The maximum Gasteiger partial charge on any atom is 0.407 e. The van der Waals surface area contributed by atoms with E-state index in [0.717, 1.165) is 11.1 Å². The maximum absolute atomic E-state index is 13.5. The summed E-state index contributed by atoms with van der Waals surface area (Å²) < 4.78 is 18.9. The van der Waals surface area contributed by atoms with Crippen molar-refractivity contribution in [2.24, 2.45) is 0 Å². The molecule has 0 saturated heterocycles. The van der Waals surface area contributed by atoms with Crippen molar-refractivity contribution in [1.29, 1.82) is 0 Å². The summed E-state index contributed by atoms with van der Waals surface area (Å²) in [6, 6.07) is 19.0. The number of alkyl carbamates (subject to hydrolysis) is 1. The van der Waals surface area contributed by atoms with E-state index in [1.54, 1.807) is 6.92 Å². The van der Waals surface area contributed by atoms with Crippen molar-refractivity contribution < 1.29 is 13.9 Å². The third kappa shape index (κ3) is 3.85. The average molecular weight is 400 g/mol. The minimum absolute atomic E-state index is 0.00398. The molecule has 0 aromatic heterocycles. The standard InChI is InChI=1S/C25H21FN2O2/c1-16-13-18(26)14-17(24(16)27)7-6-12-28-25(29)30-15-23-21-10-4-2-8-19(21)20-9-3-5-11-22(20)23/h2-5,8-11,13-14,23H,12,15,27H2,1H3,(H,28,29). The van der Waals surface area contributed by atoms with Crippen LogP contribution in [0.15, 0.2) is 60.7 Å². The van der Waals surface area contributed by atoms with E-state index in [1.807, 2.05) is 24.3 Å². The van der Waals surface area contributed by atoms with Crippen LogP contribution in [0.5, 0.6) is 0 Å². The number of benzene rings is 3. The minimum atomic E-state index is -0.547. The molecule has 0 atom stereocenters. The van der Waals surface area contributed by atoms with Crippen LogP contribution in [0.25, 0.3) is 11.1 Å². The van der Waals surface area contributed by atoms with Crippen LogP contribution in [-0.2, 0) is 4.74 Å². The smallest absolute Gasteiger partial charge is 0.407 e. The number of hydrogen-bond acceptors (Lipinski definition) is 3. The number of nitrogens with two attached hydrogens (primary N) is 1. The lowest BCUT2D eigenvalue weighted by Crippen LogP contribution is -2.26. The summed E-state index contributed by atoms with van der Waals surface area (Å²) in [5.41, 5.74) is 12.0. The van der Waals surface area contributed by atoms with Crippen LogP contribution in [0.2, 0.25) is 0 Å². The molecule has 0 unspecified atom stereocenters. The Morgan fingerprint density at radius 1 is 1.10 bits per heavy atom. The van der Waals surface area contributed by atoms with E-state index >= 15 is 0 Å². The molecule has 3 aromatic carbocycles. The van der Waals surface area contributed by atoms with Crippen LogP contribution in [0.1, 0.15) is 28.2 Å². The molecule has 1 amide bonds. The van der Waals surface area contributed by atoms with Gasteiger partial charge in [-0.15, -0.1) is 0 Å². The molecule has 30 heavy (non-hydrogen) atoms. The van der Waals surface area contributed by atoms with Crippen molar-refractivity contribution in [3.05, 3.63) is 88.7 Å². The van der Waals surface area contributed by atoms with Gasteiger partial charge in [-0.05, 0) is 46.9 Å². The van der Waals surface area contributed by atoms with Gasteiger partial charge in [0.25, 0.3) is 0 Å². The molecule has 0 radical (unpaired) electrons. The molecular weight excluding hydrogens is 379 g/mol. The van der Waals surface area contributed by atoms with E-state index in [1.165, 1.54) is 23.3 Å². The number of nitrogens with one attached hydrogen (secondary N) is 1. The second-order valence-electron chi connectivity index (χ2n) is 7.16. The van der Waals surface area contributed by atoms with Crippen molar-refractivity contribution >= 4 is 11.8 Å². The average Bonchev–Trinajstić information content (AvgIpc) is 3.07. The van der Waals surface area contributed by atoms with Crippen LogP contribution in [0.3, 0.4) is 0 Å². The van der Waals surface area contributed by atoms with Gasteiger partial charge in [-0.1, -0.05) is 60.4 Å². The van der Waals surface area contributed by atoms with Crippen LogP contribution in [-0.4, -0.2) is 19.2 Å². The van der Waals surface area contributed by atoms with E-state index in [0.29, 0.717) is 16.8 Å². The van der Waals surface area contributed by atoms with Crippen molar-refractivity contribution in [1.82, 2.24) is 5.32 Å². The van der Waals surface area contributed by atoms with Gasteiger partial charge < -0.3 is 15.8 Å². The molecule has 0 aliphatic heterocycles. The first-order valence-electron chi connectivity index (χ1n) is 9.68. The monoisotopic (exact) mass is 400 g/mol. The van der Waals surface area contributed by atoms with Gasteiger partial charge in [0.15, 0.2) is 0 Å². The van der Waals surface area contributed by atoms with E-state index in [9.17, 15) is 9.18 Å². The Bertz CT molecular complexity index is 1130. The van der Waals surface area contributed by atoms with E-state index in [4.69, 9.17) is 10.5 Å². The molecule has 1 aliphatic rings. The summed E-state index contributed by atoms with van der Waals surface area (Å²) in [6.45, 7) is 2.04. The second kappa shape index (κ2) is 8.30. The topological polar surface area (TPSA) is 64.3 Å². The van der Waals surface area contributed by atoms with E-state index in [-0.39, 0.29) is 19.1 Å². The molecule has 3 N–H and O–H groups in total. The Labute approximate surface area is 174 Å². The summed E-state index contributed by atoms with van der Waals surface area (Å²) in [7, 11) is 0. The summed E-state index contributed by atoms with van der Waals surface area (Å²) in [5.74, 6) is 5.18. The molecular formula is C25H21FN2O2. The number of hydrogen-bond donors (Lipinski definition) is 2. The predicted octanol–water partition coefficient (Wildman–Crippen LogP) is 4.61. The van der Waals surface area contributed by atoms with E-state index in [2.05, 4.69) is 41.4 Å². The quantitative estimate of drug-likeness (QED) is 0.499. The fraction of sp³-hybridized carbons (Fsp3) is 0.160. The molecule has 0 fully saturated rings. The van der Waals surface area contributed by atoms with Crippen LogP contribution in [0.4, 0.5) is 14.9 Å². The predicted molar refractivity (Wildman–Crippen MR) is 115 cm³/mol. The summed E-state index contributed by atoms with van der Waals surface area (Å²) in [4.78, 5) is 12.1. The van der Waals surface area contributed by atoms with Gasteiger partial charge in [0.1, 0.15) is 12.4 Å². The highest BCUT2D eigenvalue weighted by Gasteiger charge is 2.28. The highest BCUT2D eigenvalue weighted by molar-refractivity contribution is 5.79. The van der Waals surface area contributed by atoms with Gasteiger partial charge in [-0.2, -0.15) is 0 Å². The summed E-state index contributed by atoms with van der Waals surface area (Å²) in [5, 5.41) is 2.60. The Morgan fingerprint density at radius 3 is 2.40 bits per heavy atom. The third-order valence-electron chi connectivity index (χ3n) is 5.24. The van der Waals surface area contributed by atoms with Crippen molar-refractivity contribution in [2.45, 2.75) is 12.8 Å². The Morgan fingerprint density at radius 2 is 1.73 bits per heavy atom. The van der Waals surface area contributed by atoms with Crippen molar-refractivity contribution in [3.63, 3.8) is 0 Å². The van der Waals surface area contributed by atoms with Crippen molar-refractivity contribution in [2.75, 3.05) is 18.9 Å². The Hall–Kier alpha value is -3.78. The lowest BCUT2D eigenvalue weighted by molar-refractivity contribution is 0.144. The first-order valence-corrected chi connectivity index (χ1v) is 9.68. The highest BCUT2D eigenvalue weighted by atomic mass is 19.1. The lowest BCUT2D eigenvalue weighted by Gasteiger charge is -2.14. The molecule has 0 bridgehead atoms. The molecule has 1 aliphatic carbocycles. The van der Waals surface area contributed by atoms with Crippen molar-refractivity contribution in [3.8, 4) is 23.0 Å². The zero-order valence-electron chi connectivity index (χ0n) is 16.5. The summed E-state index contributed by atoms with van der Waals surface area (Å²) >= 11 is 0. The number of carbonyl (C=O) groups is 1. The van der Waals surface area contributed by atoms with Crippen LogP contribution in [0, 0.1) is 24.6 Å². The molecule has 0 saturated carbocycles. The SMILES string of the molecule is Cc1cc(F)cc(C#CCNC(=O)OCC2c3ccccc3-c3ccccc32)c1N. The molecule has 4 nitrogen and oxygen atoms in total. The van der Waals surface area contributed by atoms with Gasteiger partial charge in [0.05, 0.1) is 17.8 Å². The number of halogens is 1. The third-order valence-corrected chi connectivity index (χ3v) is 5.24. The van der Waals surface area contributed by atoms with Gasteiger partial charge in [-0.25, -0.2) is 9.18 Å². The van der Waals surface area contributed by atoms with Gasteiger partial charge in [0, 0.05) is 5.92 Å². The largest absolute Gasteiger partial charge is 0.449 e. The van der Waals surface area contributed by atoms with Gasteiger partial charge in [-0.3, -0.25) is 0 Å². The number of amides is 1. The Balaban J connectivity index is 1.37. The molecule has 0 spiro atoms. The zero-order valence-corrected chi connectivity index (χ0v) is 16.5. The second-order valence-corrected chi connectivity index (χ2v) is 7.16. The summed E-state index contributed by atoms with van der Waals surface area (Å²) in [6.07, 6.45) is -0.547. The van der Waals surface area contributed by atoms with Crippen LogP contribution < -0.4 is 11.1 Å². The Kier molecular flexibility index (Phi) is 5.40. The number of ether oxygens (including phenoxy) is 1. The zero-order chi connectivity index (χ0) is 21.1. The lowest BCUT2D eigenvalue weighted by atomic mass is 9.98. The van der Waals surface area contributed by atoms with Gasteiger partial charge >= 0.3 is 6.09 Å². The first-order chi connectivity index (χ1) is 14.5. The van der Waals surface area contributed by atoms with E-state index < -0.39 is 11.9 Å². The maximum atomic E-state index is 13.5. The number of carbonyl (C=O) groups excluding carboxylic acids is 1.